The Bertz CT molecular complexity index is 872. The molecule has 2 aromatic carbocycles. The molecule has 1 atom stereocenters. The molecule has 0 saturated heterocycles. The van der Waals surface area contributed by atoms with Crippen LogP contribution in [-0.4, -0.2) is 40.4 Å². The van der Waals surface area contributed by atoms with Crippen LogP contribution >= 0.6 is 0 Å². The molecule has 170 valence electrons. The number of benzene rings is 2. The number of methoxy groups -OCH3 is 4. The Balaban J connectivity index is 0.000000512. The van der Waals surface area contributed by atoms with Gasteiger partial charge in [-0.25, -0.2) is 0 Å². The summed E-state index contributed by atoms with van der Waals surface area (Å²) in [5.41, 5.74) is 18.6. The van der Waals surface area contributed by atoms with Crippen molar-refractivity contribution in [3.05, 3.63) is 41.5 Å². The molecule has 8 nitrogen and oxygen atoms in total. The van der Waals surface area contributed by atoms with E-state index in [9.17, 15) is 4.79 Å². The molecule has 0 aliphatic carbocycles. The molecule has 2 aromatic rings. The van der Waals surface area contributed by atoms with Crippen molar-refractivity contribution in [2.24, 2.45) is 17.4 Å². The monoisotopic (exact) mass is 431 g/mol. The number of primary amides is 1. The fourth-order valence-corrected chi connectivity index (χ4v) is 2.58. The Morgan fingerprint density at radius 3 is 1.71 bits per heavy atom. The van der Waals surface area contributed by atoms with Crippen LogP contribution in [0.2, 0.25) is 0 Å². The van der Waals surface area contributed by atoms with E-state index in [1.807, 2.05) is 56.3 Å². The van der Waals surface area contributed by atoms with Crippen LogP contribution in [0.15, 0.2) is 30.3 Å². The molecule has 0 heterocycles. The van der Waals surface area contributed by atoms with Gasteiger partial charge in [-0.1, -0.05) is 32.1 Å². The molecule has 0 unspecified atom stereocenters. The number of hydrogen-bond acceptors (Lipinski definition) is 7. The lowest BCUT2D eigenvalue weighted by Gasteiger charge is -2.12. The first-order chi connectivity index (χ1) is 14.7. The summed E-state index contributed by atoms with van der Waals surface area (Å²) < 4.78 is 21.2. The predicted molar refractivity (Wildman–Crippen MR) is 124 cm³/mol. The Kier molecular flexibility index (Phi) is 10.2. The number of hydrogen-bond donors (Lipinski definition) is 3. The lowest BCUT2D eigenvalue weighted by molar-refractivity contribution is -0.120. The van der Waals surface area contributed by atoms with Gasteiger partial charge in [-0.15, -0.1) is 0 Å². The number of rotatable bonds is 8. The smallest absolute Gasteiger partial charge is 0.234 e. The number of anilines is 1. The van der Waals surface area contributed by atoms with E-state index in [0.29, 0.717) is 28.7 Å². The maximum Gasteiger partial charge on any atom is 0.234 e. The first kappa shape index (κ1) is 25.6. The Hall–Kier alpha value is -3.39. The van der Waals surface area contributed by atoms with Crippen molar-refractivity contribution in [3.8, 4) is 23.0 Å². The van der Waals surface area contributed by atoms with Crippen LogP contribution in [0.4, 0.5) is 5.69 Å². The number of carbonyl (C=O) groups is 1. The lowest BCUT2D eigenvalue weighted by Crippen LogP contribution is -2.40. The van der Waals surface area contributed by atoms with Gasteiger partial charge in [0.2, 0.25) is 11.7 Å². The molecule has 0 aliphatic heterocycles. The van der Waals surface area contributed by atoms with Gasteiger partial charge in [-0.05, 0) is 41.3 Å². The van der Waals surface area contributed by atoms with E-state index in [2.05, 4.69) is 0 Å². The van der Waals surface area contributed by atoms with Crippen molar-refractivity contribution < 1.29 is 23.7 Å². The highest BCUT2D eigenvalue weighted by Gasteiger charge is 2.12. The van der Waals surface area contributed by atoms with Gasteiger partial charge in [0.05, 0.1) is 40.2 Å². The van der Waals surface area contributed by atoms with E-state index >= 15 is 0 Å². The average Bonchev–Trinajstić information content (AvgIpc) is 2.76. The third-order valence-corrected chi connectivity index (χ3v) is 4.46. The standard InChI is InChI=1S/C18H21NO4.C5H12N2O/c1-20-15-8-7-12(9-14(15)19)5-6-13-10-16(21-2)18(23-4)17(11-13)22-3;1-3(2)4(6)5(7)8/h5-11H,19H2,1-4H3;3-4H,6H2,1-2H3,(H2,7,8)/b6-5-;/t;4-/m.1/s1. The molecule has 6 N–H and O–H groups in total. The zero-order valence-corrected chi connectivity index (χ0v) is 19.0. The molecule has 1 amide bonds. The molecule has 0 aliphatic rings. The van der Waals surface area contributed by atoms with Gasteiger partial charge in [0.25, 0.3) is 0 Å². The Morgan fingerprint density at radius 1 is 0.839 bits per heavy atom. The second-order valence-corrected chi connectivity index (χ2v) is 6.97. The van der Waals surface area contributed by atoms with Gasteiger partial charge in [0, 0.05) is 0 Å². The Labute approximate surface area is 183 Å². The molecule has 0 radical (unpaired) electrons. The highest BCUT2D eigenvalue weighted by Crippen LogP contribution is 2.38. The zero-order valence-electron chi connectivity index (χ0n) is 19.0. The zero-order chi connectivity index (χ0) is 23.6. The summed E-state index contributed by atoms with van der Waals surface area (Å²) >= 11 is 0. The average molecular weight is 432 g/mol. The van der Waals surface area contributed by atoms with Gasteiger partial charge in [0.1, 0.15) is 5.75 Å². The number of nitrogens with two attached hydrogens (primary N) is 3. The first-order valence-electron chi connectivity index (χ1n) is 9.64. The third-order valence-electron chi connectivity index (χ3n) is 4.46. The van der Waals surface area contributed by atoms with Gasteiger partial charge in [0.15, 0.2) is 11.5 Å². The fraction of sp³-hybridized carbons (Fsp3) is 0.348. The molecule has 0 saturated carbocycles. The van der Waals surface area contributed by atoms with Crippen molar-refractivity contribution in [3.63, 3.8) is 0 Å². The molecule has 8 heteroatoms. The SMILES string of the molecule is CC(C)[C@@H](N)C(N)=O.COc1ccc(/C=C\c2cc(OC)c(OC)c(OC)c2)cc1N. The summed E-state index contributed by atoms with van der Waals surface area (Å²) in [7, 11) is 6.36. The lowest BCUT2D eigenvalue weighted by atomic mass is 10.1. The van der Waals surface area contributed by atoms with Crippen LogP contribution in [0.1, 0.15) is 25.0 Å². The minimum atomic E-state index is -0.491. The predicted octanol–water partition coefficient (Wildman–Crippen LogP) is 2.93. The van der Waals surface area contributed by atoms with E-state index in [4.69, 9.17) is 36.1 Å². The van der Waals surface area contributed by atoms with E-state index in [1.165, 1.54) is 0 Å². The van der Waals surface area contributed by atoms with Gasteiger partial charge in [-0.2, -0.15) is 0 Å². The molecular formula is C23H33N3O5. The van der Waals surface area contributed by atoms with Crippen LogP contribution in [0.25, 0.3) is 12.2 Å². The summed E-state index contributed by atoms with van der Waals surface area (Å²) in [6, 6.07) is 8.89. The van der Waals surface area contributed by atoms with Crippen LogP contribution in [-0.2, 0) is 4.79 Å². The first-order valence-corrected chi connectivity index (χ1v) is 9.64. The molecule has 0 aromatic heterocycles. The van der Waals surface area contributed by atoms with Crippen LogP contribution < -0.4 is 36.1 Å². The van der Waals surface area contributed by atoms with E-state index < -0.39 is 11.9 Å². The highest BCUT2D eigenvalue weighted by atomic mass is 16.5. The third kappa shape index (κ3) is 7.42. The summed E-state index contributed by atoms with van der Waals surface area (Å²) in [6.45, 7) is 3.71. The van der Waals surface area contributed by atoms with Crippen LogP contribution in [0.5, 0.6) is 23.0 Å². The van der Waals surface area contributed by atoms with Gasteiger partial charge >= 0.3 is 0 Å². The minimum absolute atomic E-state index is 0.146. The Morgan fingerprint density at radius 2 is 1.35 bits per heavy atom. The molecule has 31 heavy (non-hydrogen) atoms. The molecular weight excluding hydrogens is 398 g/mol. The minimum Gasteiger partial charge on any atom is -0.495 e. The van der Waals surface area contributed by atoms with E-state index in [1.54, 1.807) is 28.4 Å². The van der Waals surface area contributed by atoms with Gasteiger partial charge < -0.3 is 36.1 Å². The summed E-state index contributed by atoms with van der Waals surface area (Å²) in [5, 5.41) is 0. The largest absolute Gasteiger partial charge is 0.495 e. The van der Waals surface area contributed by atoms with Crippen molar-refractivity contribution in [1.82, 2.24) is 0 Å². The number of ether oxygens (including phenoxy) is 4. The van der Waals surface area contributed by atoms with Crippen molar-refractivity contribution in [2.75, 3.05) is 34.2 Å². The van der Waals surface area contributed by atoms with Crippen LogP contribution in [0, 0.1) is 5.92 Å². The highest BCUT2D eigenvalue weighted by molar-refractivity contribution is 5.79. The van der Waals surface area contributed by atoms with E-state index in [-0.39, 0.29) is 5.92 Å². The van der Waals surface area contributed by atoms with Crippen molar-refractivity contribution >= 4 is 23.7 Å². The second-order valence-electron chi connectivity index (χ2n) is 6.97. The summed E-state index contributed by atoms with van der Waals surface area (Å²) in [6.07, 6.45) is 3.90. The van der Waals surface area contributed by atoms with E-state index in [0.717, 1.165) is 11.1 Å². The van der Waals surface area contributed by atoms with Crippen LogP contribution in [0.3, 0.4) is 0 Å². The maximum atomic E-state index is 10.2. The number of carbonyl (C=O) groups excluding carboxylic acids is 1. The molecule has 0 fully saturated rings. The maximum absolute atomic E-state index is 10.2. The number of amides is 1. The van der Waals surface area contributed by atoms with Gasteiger partial charge in [-0.3, -0.25) is 4.79 Å². The summed E-state index contributed by atoms with van der Waals surface area (Å²) in [5.74, 6) is 2.17. The molecule has 2 rings (SSSR count). The topological polar surface area (TPSA) is 132 Å². The van der Waals surface area contributed by atoms with Crippen molar-refractivity contribution in [1.29, 1.82) is 0 Å². The fourth-order valence-electron chi connectivity index (χ4n) is 2.58. The molecule has 0 bridgehead atoms. The molecule has 0 spiro atoms. The quantitative estimate of drug-likeness (QED) is 0.432. The van der Waals surface area contributed by atoms with Crippen molar-refractivity contribution in [2.45, 2.75) is 19.9 Å². The second kappa shape index (κ2) is 12.3. The normalized spacial score (nSPS) is 11.5. The number of nitrogen functional groups attached to an aromatic ring is 1. The summed E-state index contributed by atoms with van der Waals surface area (Å²) in [4.78, 5) is 10.2.